The summed E-state index contributed by atoms with van der Waals surface area (Å²) in [5.41, 5.74) is 7.51. The van der Waals surface area contributed by atoms with E-state index in [0.29, 0.717) is 12.2 Å². The first-order chi connectivity index (χ1) is 12.8. The molecule has 1 amide bonds. The molecule has 2 atom stereocenters. The second-order valence-corrected chi connectivity index (χ2v) is 7.84. The molecular weight excluding hydrogens is 342 g/mol. The van der Waals surface area contributed by atoms with Crippen LogP contribution in [-0.4, -0.2) is 45.8 Å². The number of anilines is 1. The summed E-state index contributed by atoms with van der Waals surface area (Å²) < 4.78 is 3.33. The first-order valence-electron chi connectivity index (χ1n) is 9.36. The molecule has 1 saturated heterocycles. The van der Waals surface area contributed by atoms with E-state index in [1.165, 1.54) is 0 Å². The molecule has 2 heterocycles. The van der Waals surface area contributed by atoms with Gasteiger partial charge in [0, 0.05) is 13.6 Å². The molecule has 3 N–H and O–H groups in total. The fourth-order valence-corrected chi connectivity index (χ4v) is 3.66. The van der Waals surface area contributed by atoms with Crippen molar-refractivity contribution in [1.82, 2.24) is 14.3 Å². The molecule has 1 aliphatic heterocycles. The predicted octanol–water partition coefficient (Wildman–Crippen LogP) is 1.48. The van der Waals surface area contributed by atoms with Crippen molar-refractivity contribution in [2.45, 2.75) is 33.2 Å². The Kier molecular flexibility index (Phi) is 5.26. The number of para-hydroxylation sites is 1. The monoisotopic (exact) mass is 371 g/mol. The first kappa shape index (κ1) is 19.4. The molecule has 0 aliphatic carbocycles. The third-order valence-electron chi connectivity index (χ3n) is 5.81. The smallest absolute Gasteiger partial charge is 0.295 e. The van der Waals surface area contributed by atoms with Crippen LogP contribution in [-0.2, 0) is 11.8 Å². The van der Waals surface area contributed by atoms with E-state index in [0.717, 1.165) is 30.9 Å². The van der Waals surface area contributed by atoms with Crippen LogP contribution in [0.2, 0.25) is 0 Å². The summed E-state index contributed by atoms with van der Waals surface area (Å²) in [6.45, 7) is 8.10. The predicted molar refractivity (Wildman–Crippen MR) is 107 cm³/mol. The van der Waals surface area contributed by atoms with Gasteiger partial charge in [-0.15, -0.1) is 0 Å². The van der Waals surface area contributed by atoms with Crippen molar-refractivity contribution in [2.75, 3.05) is 25.0 Å². The minimum Gasteiger partial charge on any atom is -0.330 e. The highest BCUT2D eigenvalue weighted by atomic mass is 16.2. The molecule has 7 heteroatoms. The lowest BCUT2D eigenvalue weighted by Crippen LogP contribution is -2.43. The Hall–Kier alpha value is -2.38. The van der Waals surface area contributed by atoms with Crippen molar-refractivity contribution in [3.05, 3.63) is 46.4 Å². The van der Waals surface area contributed by atoms with E-state index in [2.05, 4.69) is 17.1 Å². The molecule has 7 nitrogen and oxygen atoms in total. The number of benzene rings is 1. The molecule has 0 bridgehead atoms. The fourth-order valence-electron chi connectivity index (χ4n) is 3.66. The lowest BCUT2D eigenvalue weighted by atomic mass is 9.90. The van der Waals surface area contributed by atoms with E-state index < -0.39 is 0 Å². The zero-order valence-electron chi connectivity index (χ0n) is 16.5. The summed E-state index contributed by atoms with van der Waals surface area (Å²) in [5, 5.41) is 2.87. The molecule has 1 fully saturated rings. The Balaban J connectivity index is 1.82. The molecule has 2 unspecified atom stereocenters. The van der Waals surface area contributed by atoms with Gasteiger partial charge in [-0.3, -0.25) is 19.2 Å². The topological polar surface area (TPSA) is 85.3 Å². The average molecular weight is 371 g/mol. The van der Waals surface area contributed by atoms with E-state index in [9.17, 15) is 9.59 Å². The summed E-state index contributed by atoms with van der Waals surface area (Å²) in [4.78, 5) is 27.9. The molecule has 0 saturated carbocycles. The summed E-state index contributed by atoms with van der Waals surface area (Å²) in [6, 6.07) is 9.08. The zero-order valence-corrected chi connectivity index (χ0v) is 16.5. The molecule has 1 aromatic heterocycles. The maximum absolute atomic E-state index is 12.9. The highest BCUT2D eigenvalue weighted by Crippen LogP contribution is 2.30. The third-order valence-corrected chi connectivity index (χ3v) is 5.81. The van der Waals surface area contributed by atoms with Crippen LogP contribution in [0, 0.1) is 12.3 Å². The lowest BCUT2D eigenvalue weighted by molar-refractivity contribution is -0.120. The number of carbonyl (C=O) groups is 1. The van der Waals surface area contributed by atoms with Gasteiger partial charge in [0.25, 0.3) is 5.56 Å². The van der Waals surface area contributed by atoms with Gasteiger partial charge >= 0.3 is 0 Å². The maximum Gasteiger partial charge on any atom is 0.295 e. The number of likely N-dealkylation sites (tertiary alicyclic amines) is 1. The highest BCUT2D eigenvalue weighted by molar-refractivity contribution is 5.95. The number of carbonyl (C=O) groups excluding carboxylic acids is 1. The van der Waals surface area contributed by atoms with Gasteiger partial charge in [0.2, 0.25) is 5.91 Å². The van der Waals surface area contributed by atoms with Gasteiger partial charge in [0.15, 0.2) is 0 Å². The molecule has 1 aliphatic rings. The van der Waals surface area contributed by atoms with Gasteiger partial charge in [-0.25, -0.2) is 4.68 Å². The van der Waals surface area contributed by atoms with Crippen molar-refractivity contribution in [3.8, 4) is 5.69 Å². The molecule has 27 heavy (non-hydrogen) atoms. The quantitative estimate of drug-likeness (QED) is 0.834. The number of nitrogens with zero attached hydrogens (tertiary/aromatic N) is 3. The van der Waals surface area contributed by atoms with Crippen LogP contribution in [0.4, 0.5) is 5.69 Å². The number of hydrogen-bond acceptors (Lipinski definition) is 4. The van der Waals surface area contributed by atoms with Crippen LogP contribution in [0.15, 0.2) is 35.1 Å². The van der Waals surface area contributed by atoms with Crippen molar-refractivity contribution in [1.29, 1.82) is 0 Å². The standard InChI is InChI=1S/C20H29N5O2/c1-14-17(19(27)25(23(14)4)16-8-6-5-7-9-16)22-18(26)15(2)24-11-10-20(3,12-21)13-24/h5-9,15H,10-13,21H2,1-4H3,(H,22,26). The second-order valence-electron chi connectivity index (χ2n) is 7.84. The number of aromatic nitrogens is 2. The van der Waals surface area contributed by atoms with Gasteiger partial charge in [-0.05, 0) is 50.9 Å². The van der Waals surface area contributed by atoms with Crippen LogP contribution in [0.3, 0.4) is 0 Å². The fraction of sp³-hybridized carbons (Fsp3) is 0.500. The van der Waals surface area contributed by atoms with E-state index >= 15 is 0 Å². The maximum atomic E-state index is 12.9. The zero-order chi connectivity index (χ0) is 19.8. The molecule has 1 aromatic carbocycles. The Morgan fingerprint density at radius 3 is 2.59 bits per heavy atom. The molecule has 3 rings (SSSR count). The Labute approximate surface area is 159 Å². The summed E-state index contributed by atoms with van der Waals surface area (Å²) in [6.07, 6.45) is 0.978. The summed E-state index contributed by atoms with van der Waals surface area (Å²) >= 11 is 0. The Bertz CT molecular complexity index is 886. The third kappa shape index (κ3) is 3.57. The highest BCUT2D eigenvalue weighted by Gasteiger charge is 2.36. The second kappa shape index (κ2) is 7.32. The SMILES string of the molecule is Cc1c(NC(=O)C(C)N2CCC(C)(CN)C2)c(=O)n(-c2ccccc2)n1C. The van der Waals surface area contributed by atoms with E-state index in [1.807, 2.05) is 51.2 Å². The van der Waals surface area contributed by atoms with Crippen molar-refractivity contribution in [3.63, 3.8) is 0 Å². The van der Waals surface area contributed by atoms with Gasteiger partial charge in [0.05, 0.1) is 17.4 Å². The van der Waals surface area contributed by atoms with E-state index in [4.69, 9.17) is 5.73 Å². The van der Waals surface area contributed by atoms with Gasteiger partial charge in [-0.2, -0.15) is 0 Å². The van der Waals surface area contributed by atoms with Crippen molar-refractivity contribution < 1.29 is 4.79 Å². The van der Waals surface area contributed by atoms with Crippen LogP contribution in [0.1, 0.15) is 26.0 Å². The van der Waals surface area contributed by atoms with Gasteiger partial charge in [-0.1, -0.05) is 25.1 Å². The molecular formula is C20H29N5O2. The summed E-state index contributed by atoms with van der Waals surface area (Å²) in [5.74, 6) is -0.165. The number of amides is 1. The minimum absolute atomic E-state index is 0.0528. The van der Waals surface area contributed by atoms with Crippen molar-refractivity contribution in [2.24, 2.45) is 18.2 Å². The van der Waals surface area contributed by atoms with E-state index in [1.54, 1.807) is 9.36 Å². The van der Waals surface area contributed by atoms with Crippen molar-refractivity contribution >= 4 is 11.6 Å². The minimum atomic E-state index is -0.317. The molecule has 0 radical (unpaired) electrons. The average Bonchev–Trinajstić information content (AvgIpc) is 3.16. The molecule has 0 spiro atoms. The van der Waals surface area contributed by atoms with Crippen LogP contribution in [0.25, 0.3) is 5.69 Å². The number of hydrogen-bond donors (Lipinski definition) is 2. The van der Waals surface area contributed by atoms with Crippen LogP contribution < -0.4 is 16.6 Å². The normalized spacial score (nSPS) is 21.4. The Morgan fingerprint density at radius 2 is 2.00 bits per heavy atom. The van der Waals surface area contributed by atoms with Crippen LogP contribution >= 0.6 is 0 Å². The first-order valence-corrected chi connectivity index (χ1v) is 9.36. The molecule has 146 valence electrons. The van der Waals surface area contributed by atoms with Gasteiger partial charge in [0.1, 0.15) is 5.69 Å². The Morgan fingerprint density at radius 1 is 1.33 bits per heavy atom. The summed E-state index contributed by atoms with van der Waals surface area (Å²) in [7, 11) is 1.82. The number of nitrogens with one attached hydrogen (secondary N) is 1. The van der Waals surface area contributed by atoms with E-state index in [-0.39, 0.29) is 22.9 Å². The number of nitrogens with two attached hydrogens (primary N) is 1. The van der Waals surface area contributed by atoms with Crippen LogP contribution in [0.5, 0.6) is 0 Å². The lowest BCUT2D eigenvalue weighted by Gasteiger charge is -2.26. The largest absolute Gasteiger partial charge is 0.330 e. The molecule has 2 aromatic rings. The van der Waals surface area contributed by atoms with Gasteiger partial charge < -0.3 is 11.1 Å². The number of rotatable bonds is 5.